The SMILES string of the molecule is CCC=CCCCCCCCCCC=CCCCCCCCCCCCCCCCCCCCCCC(O[SiH](c1ccccc1)c1ccccc1)C(C)(C)C. The number of benzene rings is 2. The molecule has 1 atom stereocenters. The molecule has 0 aliphatic heterocycles. The number of hydrogen-bond donors (Lipinski definition) is 0. The van der Waals surface area contributed by atoms with Crippen LogP contribution in [-0.2, 0) is 4.43 Å². The summed E-state index contributed by atoms with van der Waals surface area (Å²) in [6.07, 6.45) is 53.1. The lowest BCUT2D eigenvalue weighted by molar-refractivity contribution is 0.0788. The van der Waals surface area contributed by atoms with E-state index in [4.69, 9.17) is 4.43 Å². The van der Waals surface area contributed by atoms with Crippen LogP contribution in [0.1, 0.15) is 227 Å². The highest BCUT2D eigenvalue weighted by Crippen LogP contribution is 2.28. The van der Waals surface area contributed by atoms with Crippen molar-refractivity contribution in [2.45, 2.75) is 233 Å². The summed E-state index contributed by atoms with van der Waals surface area (Å²) in [5.74, 6) is 0. The monoisotopic (exact) mass is 771 g/mol. The molecule has 0 radical (unpaired) electrons. The molecule has 0 spiro atoms. The highest BCUT2D eigenvalue weighted by Gasteiger charge is 2.30. The maximum Gasteiger partial charge on any atom is 0.240 e. The number of hydrogen-bond acceptors (Lipinski definition) is 1. The van der Waals surface area contributed by atoms with Gasteiger partial charge in [0.15, 0.2) is 0 Å². The highest BCUT2D eigenvalue weighted by molar-refractivity contribution is 6.80. The van der Waals surface area contributed by atoms with Crippen LogP contribution in [-0.4, -0.2) is 15.1 Å². The topological polar surface area (TPSA) is 9.23 Å². The Morgan fingerprint density at radius 2 is 0.709 bits per heavy atom. The van der Waals surface area contributed by atoms with E-state index in [1.54, 1.807) is 0 Å². The molecule has 2 heteroatoms. The van der Waals surface area contributed by atoms with Gasteiger partial charge in [-0.05, 0) is 67.2 Å². The molecule has 2 rings (SSSR count). The quantitative estimate of drug-likeness (QED) is 0.0378. The van der Waals surface area contributed by atoms with Crippen molar-refractivity contribution in [1.29, 1.82) is 0 Å². The normalized spacial score (nSPS) is 12.8. The van der Waals surface area contributed by atoms with E-state index < -0.39 is 9.04 Å². The smallest absolute Gasteiger partial charge is 0.240 e. The molecule has 0 bridgehead atoms. The van der Waals surface area contributed by atoms with E-state index in [-0.39, 0.29) is 5.41 Å². The first-order chi connectivity index (χ1) is 27.0. The van der Waals surface area contributed by atoms with Crippen LogP contribution >= 0.6 is 0 Å². The number of allylic oxidation sites excluding steroid dienone is 4. The van der Waals surface area contributed by atoms with Gasteiger partial charge >= 0.3 is 0 Å². The van der Waals surface area contributed by atoms with Crippen LogP contribution in [0.2, 0.25) is 0 Å². The van der Waals surface area contributed by atoms with E-state index in [1.807, 2.05) is 0 Å². The zero-order valence-corrected chi connectivity index (χ0v) is 38.2. The van der Waals surface area contributed by atoms with Crippen LogP contribution in [0.4, 0.5) is 0 Å². The standard InChI is InChI=1S/C53H90OSi/c1-5-6-7-8-9-10-11-12-13-14-15-16-17-18-19-20-21-22-23-24-25-26-27-28-29-30-31-32-33-34-35-36-37-44-49-52(53(2,3)4)54-55(50-45-40-38-41-46-50)51-47-42-39-43-48-51/h6-7,17-18,38-43,45-48,52,55H,5,8-16,19-37,44,49H2,1-4H3. The first-order valence-corrected chi connectivity index (χ1v) is 25.7. The van der Waals surface area contributed by atoms with Crippen molar-refractivity contribution in [3.63, 3.8) is 0 Å². The Morgan fingerprint density at radius 1 is 0.418 bits per heavy atom. The Kier molecular flexibility index (Phi) is 31.6. The summed E-state index contributed by atoms with van der Waals surface area (Å²) in [6.45, 7) is 9.30. The van der Waals surface area contributed by atoms with Gasteiger partial charge in [0.25, 0.3) is 0 Å². The van der Waals surface area contributed by atoms with Crippen LogP contribution in [0.5, 0.6) is 0 Å². The van der Waals surface area contributed by atoms with E-state index in [2.05, 4.69) is 113 Å². The van der Waals surface area contributed by atoms with Crippen LogP contribution < -0.4 is 10.4 Å². The molecular formula is C53H90OSi. The molecule has 1 nitrogen and oxygen atoms in total. The molecule has 55 heavy (non-hydrogen) atoms. The fourth-order valence-electron chi connectivity index (χ4n) is 8.00. The van der Waals surface area contributed by atoms with Crippen LogP contribution in [0.15, 0.2) is 85.0 Å². The van der Waals surface area contributed by atoms with Gasteiger partial charge in [0.05, 0.1) is 6.10 Å². The number of unbranched alkanes of at least 4 members (excludes halogenated alkanes) is 27. The molecule has 1 unspecified atom stereocenters. The van der Waals surface area contributed by atoms with E-state index in [0.29, 0.717) is 6.10 Å². The molecular weight excluding hydrogens is 681 g/mol. The van der Waals surface area contributed by atoms with Crippen molar-refractivity contribution < 1.29 is 4.43 Å². The van der Waals surface area contributed by atoms with Gasteiger partial charge < -0.3 is 4.43 Å². The van der Waals surface area contributed by atoms with Gasteiger partial charge in [-0.15, -0.1) is 0 Å². The Labute approximate surface area is 345 Å². The van der Waals surface area contributed by atoms with E-state index in [0.717, 1.165) is 0 Å². The first-order valence-electron chi connectivity index (χ1n) is 24.1. The van der Waals surface area contributed by atoms with Crippen LogP contribution in [0.25, 0.3) is 0 Å². The van der Waals surface area contributed by atoms with Gasteiger partial charge in [0, 0.05) is 0 Å². The lowest BCUT2D eigenvalue weighted by Crippen LogP contribution is -2.49. The minimum Gasteiger partial charge on any atom is -0.407 e. The summed E-state index contributed by atoms with van der Waals surface area (Å²) in [4.78, 5) is 0. The number of rotatable bonds is 37. The van der Waals surface area contributed by atoms with E-state index in [1.165, 1.54) is 209 Å². The summed E-state index contributed by atoms with van der Waals surface area (Å²) < 4.78 is 7.09. The molecule has 0 aliphatic carbocycles. The molecule has 0 saturated heterocycles. The third-order valence-electron chi connectivity index (χ3n) is 11.6. The molecule has 0 aliphatic rings. The molecule has 0 heterocycles. The third-order valence-corrected chi connectivity index (χ3v) is 14.2. The highest BCUT2D eigenvalue weighted by atomic mass is 28.3. The maximum absolute atomic E-state index is 7.09. The molecule has 0 aromatic heterocycles. The third kappa shape index (κ3) is 28.2. The summed E-state index contributed by atoms with van der Waals surface area (Å²) in [5.41, 5.74) is 0.150. The maximum atomic E-state index is 7.09. The molecule has 0 amide bonds. The van der Waals surface area contributed by atoms with Gasteiger partial charge in [-0.1, -0.05) is 260 Å². The van der Waals surface area contributed by atoms with Gasteiger partial charge in [-0.3, -0.25) is 0 Å². The van der Waals surface area contributed by atoms with Crippen LogP contribution in [0, 0.1) is 5.41 Å². The van der Waals surface area contributed by atoms with Gasteiger partial charge in [-0.25, -0.2) is 0 Å². The van der Waals surface area contributed by atoms with Gasteiger partial charge in [-0.2, -0.15) is 0 Å². The summed E-state index contributed by atoms with van der Waals surface area (Å²) in [7, 11) is -1.72. The Morgan fingerprint density at radius 3 is 1.02 bits per heavy atom. The lowest BCUT2D eigenvalue weighted by atomic mass is 9.86. The molecule has 0 N–H and O–H groups in total. The first kappa shape index (κ1) is 49.2. The second kappa shape index (κ2) is 35.3. The summed E-state index contributed by atoms with van der Waals surface area (Å²) in [6, 6.07) is 22.0. The Balaban J connectivity index is 1.32. The predicted octanol–water partition coefficient (Wildman–Crippen LogP) is 16.2. The van der Waals surface area contributed by atoms with E-state index in [9.17, 15) is 0 Å². The molecule has 312 valence electrons. The molecule has 2 aromatic carbocycles. The van der Waals surface area contributed by atoms with Gasteiger partial charge in [0.2, 0.25) is 9.04 Å². The molecule has 2 aromatic rings. The van der Waals surface area contributed by atoms with E-state index >= 15 is 0 Å². The average Bonchev–Trinajstić information content (AvgIpc) is 3.19. The predicted molar refractivity (Wildman–Crippen MR) is 251 cm³/mol. The average molecular weight is 771 g/mol. The summed E-state index contributed by atoms with van der Waals surface area (Å²) >= 11 is 0. The minimum atomic E-state index is -1.72. The fraction of sp³-hybridized carbons (Fsp3) is 0.698. The minimum absolute atomic E-state index is 0.150. The Hall–Kier alpha value is -1.90. The van der Waals surface area contributed by atoms with Crippen LogP contribution in [0.3, 0.4) is 0 Å². The van der Waals surface area contributed by atoms with Crippen molar-refractivity contribution in [2.75, 3.05) is 0 Å². The molecule has 0 saturated carbocycles. The second-order valence-electron chi connectivity index (χ2n) is 17.9. The lowest BCUT2D eigenvalue weighted by Gasteiger charge is -2.34. The van der Waals surface area contributed by atoms with Gasteiger partial charge in [0.1, 0.15) is 0 Å². The fourth-order valence-corrected chi connectivity index (χ4v) is 10.7. The Bertz CT molecular complexity index is 1090. The molecule has 0 fully saturated rings. The van der Waals surface area contributed by atoms with Crippen molar-refractivity contribution in [1.82, 2.24) is 0 Å². The second-order valence-corrected chi connectivity index (χ2v) is 20.3. The zero-order chi connectivity index (χ0) is 39.3. The van der Waals surface area contributed by atoms with Crippen molar-refractivity contribution >= 4 is 19.4 Å². The van der Waals surface area contributed by atoms with Crippen molar-refractivity contribution in [3.8, 4) is 0 Å². The zero-order valence-electron chi connectivity index (χ0n) is 37.1. The van der Waals surface area contributed by atoms with Crippen molar-refractivity contribution in [2.24, 2.45) is 5.41 Å². The summed E-state index contributed by atoms with van der Waals surface area (Å²) in [5, 5.41) is 2.77. The van der Waals surface area contributed by atoms with Crippen molar-refractivity contribution in [3.05, 3.63) is 85.0 Å². The largest absolute Gasteiger partial charge is 0.407 e.